The van der Waals surface area contributed by atoms with E-state index < -0.39 is 0 Å². The number of piperidine rings is 1. The average molecular weight is 400 g/mol. The number of hydrogen-bond acceptors (Lipinski definition) is 4. The fraction of sp³-hybridized carbons (Fsp3) is 0.632. The van der Waals surface area contributed by atoms with Crippen LogP contribution in [0.3, 0.4) is 0 Å². The van der Waals surface area contributed by atoms with Gasteiger partial charge in [0.15, 0.2) is 5.96 Å². The number of halogens is 1. The highest BCUT2D eigenvalue weighted by Crippen LogP contribution is 2.20. The summed E-state index contributed by atoms with van der Waals surface area (Å²) in [5, 5.41) is 4.24. The Kier molecular flexibility index (Phi) is 10.2. The first-order chi connectivity index (χ1) is 12.7. The van der Waals surface area contributed by atoms with Crippen LogP contribution in [-0.4, -0.2) is 69.7 Å². The minimum atomic E-state index is 0.363. The molecule has 0 aromatic heterocycles. The van der Waals surface area contributed by atoms with Gasteiger partial charge in [-0.15, -0.1) is 11.8 Å². The number of thioether (sulfide) groups is 1. The predicted molar refractivity (Wildman–Crippen MR) is 111 cm³/mol. The zero-order chi connectivity index (χ0) is 18.6. The zero-order valence-corrected chi connectivity index (χ0v) is 17.3. The molecule has 1 aromatic carbocycles. The van der Waals surface area contributed by atoms with Gasteiger partial charge in [-0.1, -0.05) is 11.6 Å². The molecule has 0 bridgehead atoms. The van der Waals surface area contributed by atoms with E-state index in [0.717, 1.165) is 68.8 Å². The Morgan fingerprint density at radius 3 is 2.65 bits per heavy atom. The van der Waals surface area contributed by atoms with Gasteiger partial charge in [-0.3, -0.25) is 4.99 Å². The SMILES string of the molecule is CN=C(NCCSc1ccc(Cl)cc1)N1CCC(OCCCOC)CC1. The number of benzene rings is 1. The molecule has 1 heterocycles. The highest BCUT2D eigenvalue weighted by atomic mass is 35.5. The van der Waals surface area contributed by atoms with Crippen molar-refractivity contribution in [1.82, 2.24) is 10.2 Å². The monoisotopic (exact) mass is 399 g/mol. The van der Waals surface area contributed by atoms with Gasteiger partial charge in [-0.2, -0.15) is 0 Å². The van der Waals surface area contributed by atoms with Crippen molar-refractivity contribution in [2.75, 3.05) is 52.8 Å². The smallest absolute Gasteiger partial charge is 0.193 e. The van der Waals surface area contributed by atoms with E-state index >= 15 is 0 Å². The third-order valence-corrected chi connectivity index (χ3v) is 5.53. The maximum Gasteiger partial charge on any atom is 0.193 e. The van der Waals surface area contributed by atoms with Crippen LogP contribution in [-0.2, 0) is 9.47 Å². The third kappa shape index (κ3) is 7.74. The summed E-state index contributed by atoms with van der Waals surface area (Å²) in [5.41, 5.74) is 0. The molecule has 26 heavy (non-hydrogen) atoms. The van der Waals surface area contributed by atoms with Crippen LogP contribution in [0.2, 0.25) is 5.02 Å². The Morgan fingerprint density at radius 2 is 2.00 bits per heavy atom. The Hall–Kier alpha value is -0.950. The quantitative estimate of drug-likeness (QED) is 0.298. The summed E-state index contributed by atoms with van der Waals surface area (Å²) in [6, 6.07) is 7.97. The maximum absolute atomic E-state index is 5.92. The van der Waals surface area contributed by atoms with Gasteiger partial charge < -0.3 is 19.7 Å². The second-order valence-corrected chi connectivity index (χ2v) is 7.78. The lowest BCUT2D eigenvalue weighted by Crippen LogP contribution is -2.47. The van der Waals surface area contributed by atoms with Crippen molar-refractivity contribution in [2.45, 2.75) is 30.3 Å². The van der Waals surface area contributed by atoms with Crippen LogP contribution >= 0.6 is 23.4 Å². The fourth-order valence-electron chi connectivity index (χ4n) is 2.88. The highest BCUT2D eigenvalue weighted by Gasteiger charge is 2.21. The first kappa shape index (κ1) is 21.4. The molecule has 0 amide bonds. The van der Waals surface area contributed by atoms with Crippen molar-refractivity contribution >= 4 is 29.3 Å². The molecule has 1 aliphatic heterocycles. The fourth-order valence-corrected chi connectivity index (χ4v) is 3.78. The van der Waals surface area contributed by atoms with E-state index in [1.165, 1.54) is 4.90 Å². The Labute approximate surface area is 166 Å². The molecule has 1 N–H and O–H groups in total. The summed E-state index contributed by atoms with van der Waals surface area (Å²) >= 11 is 7.73. The lowest BCUT2D eigenvalue weighted by Gasteiger charge is -2.34. The van der Waals surface area contributed by atoms with Crippen LogP contribution in [0, 0.1) is 0 Å². The largest absolute Gasteiger partial charge is 0.385 e. The molecule has 1 saturated heterocycles. The number of methoxy groups -OCH3 is 1. The van der Waals surface area contributed by atoms with Crippen LogP contribution < -0.4 is 5.32 Å². The zero-order valence-electron chi connectivity index (χ0n) is 15.7. The molecule has 1 fully saturated rings. The van der Waals surface area contributed by atoms with E-state index in [1.54, 1.807) is 7.11 Å². The standard InChI is InChI=1S/C19H30ClN3O2S/c1-21-19(22-10-15-26-18-6-4-16(20)5-7-18)23-11-8-17(9-12-23)25-14-3-13-24-2/h4-7,17H,3,8-15H2,1-2H3,(H,21,22). The van der Waals surface area contributed by atoms with Crippen LogP contribution in [0.1, 0.15) is 19.3 Å². The number of nitrogens with zero attached hydrogens (tertiary/aromatic N) is 2. The first-order valence-electron chi connectivity index (χ1n) is 9.17. The van der Waals surface area contributed by atoms with E-state index in [0.29, 0.717) is 6.10 Å². The lowest BCUT2D eigenvalue weighted by molar-refractivity contribution is 0.00993. The topological polar surface area (TPSA) is 46.1 Å². The van der Waals surface area contributed by atoms with E-state index in [4.69, 9.17) is 21.1 Å². The third-order valence-electron chi connectivity index (χ3n) is 4.27. The average Bonchev–Trinajstić information content (AvgIpc) is 2.67. The predicted octanol–water partition coefficient (Wildman–Crippen LogP) is 3.53. The summed E-state index contributed by atoms with van der Waals surface area (Å²) in [5.74, 6) is 1.97. The van der Waals surface area contributed by atoms with E-state index in [9.17, 15) is 0 Å². The van der Waals surface area contributed by atoms with E-state index in [1.807, 2.05) is 30.9 Å². The van der Waals surface area contributed by atoms with Gasteiger partial charge in [0.1, 0.15) is 0 Å². The van der Waals surface area contributed by atoms with Crippen molar-refractivity contribution in [3.63, 3.8) is 0 Å². The van der Waals surface area contributed by atoms with Crippen LogP contribution in [0.5, 0.6) is 0 Å². The highest BCUT2D eigenvalue weighted by molar-refractivity contribution is 7.99. The molecule has 5 nitrogen and oxygen atoms in total. The molecular weight excluding hydrogens is 370 g/mol. The normalized spacial score (nSPS) is 16.1. The van der Waals surface area contributed by atoms with E-state index in [2.05, 4.69) is 27.3 Å². The van der Waals surface area contributed by atoms with Gasteiger partial charge in [-0.25, -0.2) is 0 Å². The second kappa shape index (κ2) is 12.4. The molecule has 146 valence electrons. The maximum atomic E-state index is 5.92. The number of ether oxygens (including phenoxy) is 2. The molecule has 0 radical (unpaired) electrons. The molecule has 1 aromatic rings. The summed E-state index contributed by atoms with van der Waals surface area (Å²) in [6.45, 7) is 4.40. The molecule has 0 aliphatic carbocycles. The second-order valence-electron chi connectivity index (χ2n) is 6.18. The van der Waals surface area contributed by atoms with Gasteiger partial charge in [0.05, 0.1) is 6.10 Å². The number of nitrogens with one attached hydrogen (secondary N) is 1. The van der Waals surface area contributed by atoms with Crippen molar-refractivity contribution in [1.29, 1.82) is 0 Å². The molecule has 0 saturated carbocycles. The van der Waals surface area contributed by atoms with Crippen molar-refractivity contribution in [3.05, 3.63) is 29.3 Å². The van der Waals surface area contributed by atoms with Gasteiger partial charge in [-0.05, 0) is 43.5 Å². The lowest BCUT2D eigenvalue weighted by atomic mass is 10.1. The Bertz CT molecular complexity index is 534. The minimum Gasteiger partial charge on any atom is -0.385 e. The van der Waals surface area contributed by atoms with Gasteiger partial charge in [0.2, 0.25) is 0 Å². The van der Waals surface area contributed by atoms with Crippen molar-refractivity contribution in [2.24, 2.45) is 4.99 Å². The molecule has 0 spiro atoms. The minimum absolute atomic E-state index is 0.363. The summed E-state index contributed by atoms with van der Waals surface area (Å²) < 4.78 is 11.0. The Morgan fingerprint density at radius 1 is 1.27 bits per heavy atom. The molecule has 2 rings (SSSR count). The van der Waals surface area contributed by atoms with Gasteiger partial charge in [0, 0.05) is 62.7 Å². The number of guanidine groups is 1. The van der Waals surface area contributed by atoms with Crippen molar-refractivity contribution in [3.8, 4) is 0 Å². The van der Waals surface area contributed by atoms with Gasteiger partial charge in [0.25, 0.3) is 0 Å². The van der Waals surface area contributed by atoms with Crippen LogP contribution in [0.25, 0.3) is 0 Å². The molecule has 7 heteroatoms. The number of aliphatic imine (C=N–C) groups is 1. The molecule has 1 aliphatic rings. The molecule has 0 atom stereocenters. The summed E-state index contributed by atoms with van der Waals surface area (Å²) in [7, 11) is 3.58. The van der Waals surface area contributed by atoms with Gasteiger partial charge >= 0.3 is 0 Å². The molecule has 0 unspecified atom stereocenters. The Balaban J connectivity index is 1.62. The van der Waals surface area contributed by atoms with Crippen LogP contribution in [0.15, 0.2) is 34.2 Å². The van der Waals surface area contributed by atoms with Crippen LogP contribution in [0.4, 0.5) is 0 Å². The van der Waals surface area contributed by atoms with Crippen molar-refractivity contribution < 1.29 is 9.47 Å². The first-order valence-corrected chi connectivity index (χ1v) is 10.5. The number of rotatable bonds is 9. The number of likely N-dealkylation sites (tertiary alicyclic amines) is 1. The molecular formula is C19H30ClN3O2S. The summed E-state index contributed by atoms with van der Waals surface area (Å²) in [6.07, 6.45) is 3.42. The summed E-state index contributed by atoms with van der Waals surface area (Å²) in [4.78, 5) is 7.98. The number of hydrogen-bond donors (Lipinski definition) is 1. The van der Waals surface area contributed by atoms with E-state index in [-0.39, 0.29) is 0 Å².